The summed E-state index contributed by atoms with van der Waals surface area (Å²) in [7, 11) is 0. The Hall–Kier alpha value is -1.84. The second-order valence-electron chi connectivity index (χ2n) is 3.27. The second-order valence-corrected chi connectivity index (χ2v) is 3.27. The highest BCUT2D eigenvalue weighted by atomic mass is 16.5. The van der Waals surface area contributed by atoms with Crippen LogP contribution < -0.4 is 5.32 Å². The summed E-state index contributed by atoms with van der Waals surface area (Å²) in [6.07, 6.45) is 1.73. The van der Waals surface area contributed by atoms with Gasteiger partial charge in [-0.2, -0.15) is 0 Å². The van der Waals surface area contributed by atoms with Gasteiger partial charge < -0.3 is 14.8 Å². The first-order valence-electron chi connectivity index (χ1n) is 5.21. The number of carbonyl (C=O) groups is 2. The first-order valence-corrected chi connectivity index (χ1v) is 5.21. The van der Waals surface area contributed by atoms with E-state index in [1.54, 1.807) is 0 Å². The van der Waals surface area contributed by atoms with Crippen molar-refractivity contribution in [2.75, 3.05) is 13.2 Å². The fraction of sp³-hybridized carbons (Fsp3) is 0.333. The average molecular weight is 221 g/mol. The Bertz CT molecular complexity index is 324. The van der Waals surface area contributed by atoms with Gasteiger partial charge in [-0.3, -0.25) is 0 Å². The number of amides is 1. The lowest BCUT2D eigenvalue weighted by atomic mass is 10.1. The highest BCUT2D eigenvalue weighted by Crippen LogP contribution is 2.02. The lowest BCUT2D eigenvalue weighted by Crippen LogP contribution is -2.26. The van der Waals surface area contributed by atoms with E-state index in [9.17, 15) is 9.59 Å². The van der Waals surface area contributed by atoms with Crippen molar-refractivity contribution in [3.05, 3.63) is 35.9 Å². The number of hydrogen-bond donors (Lipinski definition) is 1. The van der Waals surface area contributed by atoms with Crippen molar-refractivity contribution in [1.82, 2.24) is 5.32 Å². The van der Waals surface area contributed by atoms with Crippen LogP contribution in [-0.2, 0) is 16.0 Å². The standard InChI is InChI=1S/C12H15NO3/c14-9-8-13-12(15)16-10-4-7-11-5-2-1-3-6-11/h1-3,5-6,9H,4,7-8,10H2,(H,13,15). The normalized spacial score (nSPS) is 9.50. The number of carbonyl (C=O) groups excluding carboxylic acids is 2. The summed E-state index contributed by atoms with van der Waals surface area (Å²) in [5.41, 5.74) is 1.22. The SMILES string of the molecule is O=CCNC(=O)OCCCc1ccccc1. The predicted molar refractivity (Wildman–Crippen MR) is 60.2 cm³/mol. The fourth-order valence-corrected chi connectivity index (χ4v) is 1.26. The van der Waals surface area contributed by atoms with E-state index in [1.807, 2.05) is 30.3 Å². The number of hydrogen-bond acceptors (Lipinski definition) is 3. The molecule has 0 saturated carbocycles. The maximum Gasteiger partial charge on any atom is 0.407 e. The van der Waals surface area contributed by atoms with Crippen molar-refractivity contribution in [3.8, 4) is 0 Å². The van der Waals surface area contributed by atoms with Crippen LogP contribution in [0.15, 0.2) is 30.3 Å². The molecule has 0 heterocycles. The van der Waals surface area contributed by atoms with Gasteiger partial charge in [-0.05, 0) is 18.4 Å². The number of alkyl carbamates (subject to hydrolysis) is 1. The monoisotopic (exact) mass is 221 g/mol. The Morgan fingerprint density at radius 2 is 2.06 bits per heavy atom. The lowest BCUT2D eigenvalue weighted by molar-refractivity contribution is -0.107. The molecule has 0 bridgehead atoms. The van der Waals surface area contributed by atoms with Crippen LogP contribution in [0.5, 0.6) is 0 Å². The summed E-state index contributed by atoms with van der Waals surface area (Å²) in [6, 6.07) is 9.99. The highest BCUT2D eigenvalue weighted by molar-refractivity contribution is 5.70. The Labute approximate surface area is 94.6 Å². The lowest BCUT2D eigenvalue weighted by Gasteiger charge is -2.04. The molecule has 0 aliphatic rings. The van der Waals surface area contributed by atoms with Crippen LogP contribution in [0.2, 0.25) is 0 Å². The van der Waals surface area contributed by atoms with E-state index in [1.165, 1.54) is 5.56 Å². The Morgan fingerprint density at radius 3 is 2.75 bits per heavy atom. The molecule has 0 unspecified atom stereocenters. The van der Waals surface area contributed by atoms with Crippen molar-refractivity contribution in [2.24, 2.45) is 0 Å². The molecule has 4 heteroatoms. The van der Waals surface area contributed by atoms with E-state index in [0.717, 1.165) is 12.8 Å². The van der Waals surface area contributed by atoms with Crippen molar-refractivity contribution < 1.29 is 14.3 Å². The highest BCUT2D eigenvalue weighted by Gasteiger charge is 1.99. The Balaban J connectivity index is 2.08. The molecule has 0 aliphatic carbocycles. The average Bonchev–Trinajstić information content (AvgIpc) is 2.33. The smallest absolute Gasteiger partial charge is 0.407 e. The first kappa shape index (κ1) is 12.2. The van der Waals surface area contributed by atoms with Gasteiger partial charge in [0, 0.05) is 0 Å². The van der Waals surface area contributed by atoms with Gasteiger partial charge in [0.15, 0.2) is 0 Å². The zero-order chi connectivity index (χ0) is 11.6. The van der Waals surface area contributed by atoms with Gasteiger partial charge in [-0.1, -0.05) is 30.3 Å². The molecule has 0 atom stereocenters. The molecular weight excluding hydrogens is 206 g/mol. The Kier molecular flexibility index (Phi) is 5.70. The van der Waals surface area contributed by atoms with Gasteiger partial charge in [0.25, 0.3) is 0 Å². The molecular formula is C12H15NO3. The maximum absolute atomic E-state index is 10.9. The van der Waals surface area contributed by atoms with Gasteiger partial charge in [-0.15, -0.1) is 0 Å². The van der Waals surface area contributed by atoms with Crippen molar-refractivity contribution in [2.45, 2.75) is 12.8 Å². The molecule has 0 fully saturated rings. The zero-order valence-electron chi connectivity index (χ0n) is 9.02. The number of benzene rings is 1. The summed E-state index contributed by atoms with van der Waals surface area (Å²) in [5, 5.41) is 2.30. The molecule has 0 saturated heterocycles. The van der Waals surface area contributed by atoms with E-state index >= 15 is 0 Å². The number of nitrogens with one attached hydrogen (secondary N) is 1. The van der Waals surface area contributed by atoms with Crippen LogP contribution in [0.25, 0.3) is 0 Å². The minimum Gasteiger partial charge on any atom is -0.450 e. The van der Waals surface area contributed by atoms with Crippen LogP contribution in [0, 0.1) is 0 Å². The van der Waals surface area contributed by atoms with E-state index in [4.69, 9.17) is 4.74 Å². The second kappa shape index (κ2) is 7.45. The topological polar surface area (TPSA) is 55.4 Å². The summed E-state index contributed by atoms with van der Waals surface area (Å²) >= 11 is 0. The molecule has 0 spiro atoms. The molecule has 0 aromatic heterocycles. The summed E-state index contributed by atoms with van der Waals surface area (Å²) in [5.74, 6) is 0. The van der Waals surface area contributed by atoms with Gasteiger partial charge >= 0.3 is 6.09 Å². The molecule has 0 aliphatic heterocycles. The zero-order valence-corrected chi connectivity index (χ0v) is 9.02. The van der Waals surface area contributed by atoms with Crippen LogP contribution in [0.3, 0.4) is 0 Å². The van der Waals surface area contributed by atoms with Gasteiger partial charge in [0.1, 0.15) is 6.29 Å². The summed E-state index contributed by atoms with van der Waals surface area (Å²) in [6.45, 7) is 0.358. The van der Waals surface area contributed by atoms with E-state index in [2.05, 4.69) is 5.32 Å². The number of ether oxygens (including phenoxy) is 1. The Morgan fingerprint density at radius 1 is 1.31 bits per heavy atom. The summed E-state index contributed by atoms with van der Waals surface area (Å²) < 4.78 is 4.86. The van der Waals surface area contributed by atoms with E-state index < -0.39 is 6.09 Å². The molecule has 16 heavy (non-hydrogen) atoms. The molecule has 4 nitrogen and oxygen atoms in total. The molecule has 1 amide bonds. The number of rotatable bonds is 6. The molecule has 1 N–H and O–H groups in total. The quantitative estimate of drug-likeness (QED) is 0.585. The van der Waals surface area contributed by atoms with Gasteiger partial charge in [0.2, 0.25) is 0 Å². The fourth-order valence-electron chi connectivity index (χ4n) is 1.26. The minimum absolute atomic E-state index is 0.00246. The molecule has 1 aromatic carbocycles. The molecule has 0 radical (unpaired) electrons. The van der Waals surface area contributed by atoms with Gasteiger partial charge in [-0.25, -0.2) is 4.79 Å². The molecule has 1 aromatic rings. The van der Waals surface area contributed by atoms with E-state index in [-0.39, 0.29) is 6.54 Å². The van der Waals surface area contributed by atoms with Crippen LogP contribution in [0.4, 0.5) is 4.79 Å². The van der Waals surface area contributed by atoms with Crippen LogP contribution in [-0.4, -0.2) is 25.5 Å². The van der Waals surface area contributed by atoms with Crippen molar-refractivity contribution in [1.29, 1.82) is 0 Å². The van der Waals surface area contributed by atoms with Crippen molar-refractivity contribution >= 4 is 12.4 Å². The number of aldehydes is 1. The minimum atomic E-state index is -0.542. The van der Waals surface area contributed by atoms with Crippen LogP contribution in [0.1, 0.15) is 12.0 Å². The predicted octanol–water partition coefficient (Wildman–Crippen LogP) is 1.54. The maximum atomic E-state index is 10.9. The largest absolute Gasteiger partial charge is 0.450 e. The van der Waals surface area contributed by atoms with Crippen LogP contribution >= 0.6 is 0 Å². The third-order valence-electron chi connectivity index (χ3n) is 2.02. The summed E-state index contributed by atoms with van der Waals surface area (Å²) in [4.78, 5) is 20.9. The molecule has 86 valence electrons. The number of aryl methyl sites for hydroxylation is 1. The molecule has 1 rings (SSSR count). The third kappa shape index (κ3) is 5.14. The first-order chi connectivity index (χ1) is 7.83. The van der Waals surface area contributed by atoms with Crippen molar-refractivity contribution in [3.63, 3.8) is 0 Å². The van der Waals surface area contributed by atoms with Gasteiger partial charge in [0.05, 0.1) is 13.2 Å². The van der Waals surface area contributed by atoms with E-state index in [0.29, 0.717) is 12.9 Å². The third-order valence-corrected chi connectivity index (χ3v) is 2.02.